The van der Waals surface area contributed by atoms with Crippen LogP contribution in [0.5, 0.6) is 0 Å². The van der Waals surface area contributed by atoms with E-state index in [1.165, 1.54) is 0 Å². The van der Waals surface area contributed by atoms with E-state index < -0.39 is 0 Å². The van der Waals surface area contributed by atoms with Crippen molar-refractivity contribution in [2.75, 3.05) is 0 Å². The third-order valence-corrected chi connectivity index (χ3v) is 1.77. The van der Waals surface area contributed by atoms with E-state index in [2.05, 4.69) is 11.3 Å². The van der Waals surface area contributed by atoms with E-state index in [4.69, 9.17) is 0 Å². The van der Waals surface area contributed by atoms with Crippen LogP contribution < -0.4 is 0 Å². The zero-order valence-electron chi connectivity index (χ0n) is 6.86. The smallest absolute Gasteiger partial charge is 0.0433 e. The molecule has 0 saturated carbocycles. The molecule has 0 aliphatic carbocycles. The average molecular weight is 157 g/mol. The Hall–Kier alpha value is -1.57. The Kier molecular flexibility index (Phi) is 1.67. The van der Waals surface area contributed by atoms with E-state index in [0.29, 0.717) is 0 Å². The van der Waals surface area contributed by atoms with Crippen LogP contribution >= 0.6 is 0 Å². The number of aryl methyl sites for hydroxylation is 1. The molecule has 1 heterocycles. The van der Waals surface area contributed by atoms with Crippen LogP contribution in [-0.4, -0.2) is 9.78 Å². The van der Waals surface area contributed by atoms with Gasteiger partial charge in [0.25, 0.3) is 0 Å². The molecule has 1 aromatic carbocycles. The van der Waals surface area contributed by atoms with Gasteiger partial charge in [0.1, 0.15) is 0 Å². The van der Waals surface area contributed by atoms with Crippen molar-refractivity contribution >= 4 is 0 Å². The second kappa shape index (κ2) is 2.81. The maximum atomic E-state index is 4.08. The maximum Gasteiger partial charge on any atom is 0.0433 e. The van der Waals surface area contributed by atoms with Crippen molar-refractivity contribution < 1.29 is 0 Å². The minimum Gasteiger partial charge on any atom is -0.335 e. The van der Waals surface area contributed by atoms with Crippen LogP contribution in [0.1, 0.15) is 5.69 Å². The standard InChI is InChI=1S/C10H9N2/c1-9-7-8-11-12(9)10-5-3-2-4-6-10/h2-7H,1H3/q-1. The summed E-state index contributed by atoms with van der Waals surface area (Å²) in [6, 6.07) is 11.9. The lowest BCUT2D eigenvalue weighted by Crippen LogP contribution is -1.97. The molecule has 0 radical (unpaired) electrons. The molecule has 0 saturated heterocycles. The molecule has 2 heteroatoms. The Bertz CT molecular complexity index is 362. The van der Waals surface area contributed by atoms with E-state index in [-0.39, 0.29) is 0 Å². The molecule has 0 bridgehead atoms. The lowest BCUT2D eigenvalue weighted by Gasteiger charge is -2.09. The van der Waals surface area contributed by atoms with Crippen molar-refractivity contribution in [3.63, 3.8) is 0 Å². The maximum absolute atomic E-state index is 4.08. The molecule has 0 unspecified atom stereocenters. The summed E-state index contributed by atoms with van der Waals surface area (Å²) in [5, 5.41) is 4.08. The fraction of sp³-hybridized carbons (Fsp3) is 0.100. The van der Waals surface area contributed by atoms with Crippen molar-refractivity contribution in [3.8, 4) is 5.69 Å². The first-order valence-electron chi connectivity index (χ1n) is 3.86. The molecule has 12 heavy (non-hydrogen) atoms. The SMILES string of the molecule is Cc1c[c-]nn1-c1ccccc1. The fourth-order valence-electron chi connectivity index (χ4n) is 1.15. The van der Waals surface area contributed by atoms with E-state index in [9.17, 15) is 0 Å². The third kappa shape index (κ3) is 1.11. The lowest BCUT2D eigenvalue weighted by atomic mass is 10.3. The fourth-order valence-corrected chi connectivity index (χ4v) is 1.15. The van der Waals surface area contributed by atoms with Gasteiger partial charge in [-0.3, -0.25) is 0 Å². The Balaban J connectivity index is 2.51. The van der Waals surface area contributed by atoms with Gasteiger partial charge in [0.2, 0.25) is 0 Å². The summed E-state index contributed by atoms with van der Waals surface area (Å²) in [4.78, 5) is 0. The number of aromatic nitrogens is 2. The van der Waals surface area contributed by atoms with Crippen LogP contribution in [0.4, 0.5) is 0 Å². The van der Waals surface area contributed by atoms with Gasteiger partial charge in [-0.05, 0) is 12.1 Å². The van der Waals surface area contributed by atoms with Crippen LogP contribution in [0.2, 0.25) is 0 Å². The highest BCUT2D eigenvalue weighted by Crippen LogP contribution is 2.07. The van der Waals surface area contributed by atoms with Crippen molar-refractivity contribution in [2.24, 2.45) is 0 Å². The highest BCUT2D eigenvalue weighted by atomic mass is 15.3. The molecular formula is C10H9N2-. The number of hydrogen-bond donors (Lipinski definition) is 0. The van der Waals surface area contributed by atoms with E-state index >= 15 is 0 Å². The van der Waals surface area contributed by atoms with Crippen LogP contribution in [0.15, 0.2) is 36.4 Å². The summed E-state index contributed by atoms with van der Waals surface area (Å²) < 4.78 is 1.86. The summed E-state index contributed by atoms with van der Waals surface area (Å²) in [6.07, 6.45) is 2.81. The van der Waals surface area contributed by atoms with Gasteiger partial charge < -0.3 is 9.78 Å². The quantitative estimate of drug-likeness (QED) is 0.579. The molecule has 2 nitrogen and oxygen atoms in total. The molecule has 0 aliphatic heterocycles. The van der Waals surface area contributed by atoms with Gasteiger partial charge in [-0.2, -0.15) is 6.07 Å². The molecule has 0 N–H and O–H groups in total. The lowest BCUT2D eigenvalue weighted by molar-refractivity contribution is 0.844. The summed E-state index contributed by atoms with van der Waals surface area (Å²) in [7, 11) is 0. The van der Waals surface area contributed by atoms with Crippen molar-refractivity contribution in [1.82, 2.24) is 9.78 Å². The third-order valence-electron chi connectivity index (χ3n) is 1.77. The zero-order valence-corrected chi connectivity index (χ0v) is 6.86. The molecule has 0 spiro atoms. The minimum atomic E-state index is 1.08. The van der Waals surface area contributed by atoms with Gasteiger partial charge >= 0.3 is 0 Å². The topological polar surface area (TPSA) is 17.8 Å². The minimum absolute atomic E-state index is 1.08. The normalized spacial score (nSPS) is 10.1. The molecule has 0 aliphatic rings. The number of benzene rings is 1. The molecule has 2 rings (SSSR count). The van der Waals surface area contributed by atoms with Crippen LogP contribution in [0.3, 0.4) is 0 Å². The van der Waals surface area contributed by atoms with E-state index in [1.807, 2.05) is 48.0 Å². The molecule has 0 amide bonds. The summed E-state index contributed by atoms with van der Waals surface area (Å²) >= 11 is 0. The average Bonchev–Trinajstić information content (AvgIpc) is 2.53. The first-order valence-corrected chi connectivity index (χ1v) is 3.86. The Morgan fingerprint density at radius 3 is 2.58 bits per heavy atom. The highest BCUT2D eigenvalue weighted by Gasteiger charge is 1.89. The largest absolute Gasteiger partial charge is 0.335 e. The van der Waals surface area contributed by atoms with Gasteiger partial charge in [-0.15, -0.1) is 11.9 Å². The van der Waals surface area contributed by atoms with Gasteiger partial charge in [0.05, 0.1) is 0 Å². The Morgan fingerprint density at radius 1 is 1.25 bits per heavy atom. The van der Waals surface area contributed by atoms with Crippen molar-refractivity contribution in [3.05, 3.63) is 48.3 Å². The molecular weight excluding hydrogens is 148 g/mol. The second-order valence-corrected chi connectivity index (χ2v) is 2.66. The second-order valence-electron chi connectivity index (χ2n) is 2.66. The predicted octanol–water partition coefficient (Wildman–Crippen LogP) is 1.98. The van der Waals surface area contributed by atoms with Crippen LogP contribution in [0, 0.1) is 13.1 Å². The Morgan fingerprint density at radius 2 is 2.00 bits per heavy atom. The number of hydrogen-bond acceptors (Lipinski definition) is 1. The molecule has 1 aromatic heterocycles. The molecule has 0 fully saturated rings. The van der Waals surface area contributed by atoms with Gasteiger partial charge in [0.15, 0.2) is 0 Å². The summed E-state index contributed by atoms with van der Waals surface area (Å²) in [6.45, 7) is 2.01. The van der Waals surface area contributed by atoms with E-state index in [1.54, 1.807) is 0 Å². The molecule has 0 atom stereocenters. The first kappa shape index (κ1) is 7.10. The van der Waals surface area contributed by atoms with Crippen molar-refractivity contribution in [2.45, 2.75) is 6.92 Å². The molecule has 60 valence electrons. The monoisotopic (exact) mass is 157 g/mol. The Labute approximate surface area is 71.5 Å². The molecule has 2 aromatic rings. The number of para-hydroxylation sites is 1. The van der Waals surface area contributed by atoms with Crippen molar-refractivity contribution in [1.29, 1.82) is 0 Å². The zero-order chi connectivity index (χ0) is 8.39. The van der Waals surface area contributed by atoms with Gasteiger partial charge in [-0.25, -0.2) is 0 Å². The van der Waals surface area contributed by atoms with Gasteiger partial charge in [0, 0.05) is 5.69 Å². The number of nitrogens with zero attached hydrogens (tertiary/aromatic N) is 2. The predicted molar refractivity (Wildman–Crippen MR) is 47.1 cm³/mol. The van der Waals surface area contributed by atoms with Crippen LogP contribution in [-0.2, 0) is 0 Å². The van der Waals surface area contributed by atoms with Crippen LogP contribution in [0.25, 0.3) is 5.69 Å². The van der Waals surface area contributed by atoms with Gasteiger partial charge in [-0.1, -0.05) is 25.1 Å². The van der Waals surface area contributed by atoms with E-state index in [0.717, 1.165) is 11.4 Å². The number of rotatable bonds is 1. The first-order chi connectivity index (χ1) is 5.88. The summed E-state index contributed by atoms with van der Waals surface area (Å²) in [5.41, 5.74) is 2.18. The summed E-state index contributed by atoms with van der Waals surface area (Å²) in [5.74, 6) is 0. The highest BCUT2D eigenvalue weighted by molar-refractivity contribution is 5.31.